The number of hydrogen-bond acceptors (Lipinski definition) is 1. The van der Waals surface area contributed by atoms with E-state index in [1.807, 2.05) is 13.0 Å². The molecule has 0 atom stereocenters. The van der Waals surface area contributed by atoms with Gasteiger partial charge in [-0.3, -0.25) is 0 Å². The number of aryl methyl sites for hydroxylation is 2. The van der Waals surface area contributed by atoms with Gasteiger partial charge in [-0.05, 0) is 37.0 Å². The van der Waals surface area contributed by atoms with Crippen LogP contribution in [0.25, 0.3) is 0 Å². The zero-order chi connectivity index (χ0) is 9.30. The van der Waals surface area contributed by atoms with Gasteiger partial charge in [-0.2, -0.15) is 0 Å². The Balaban J connectivity index is 3.28. The molecule has 12 heavy (non-hydrogen) atoms. The third-order valence-corrected chi connectivity index (χ3v) is 2.20. The first kappa shape index (κ1) is 9.53. The van der Waals surface area contributed by atoms with Gasteiger partial charge in [-0.25, -0.2) is 4.98 Å². The van der Waals surface area contributed by atoms with Crippen molar-refractivity contribution >= 4 is 11.6 Å². The lowest BCUT2D eigenvalue weighted by molar-refractivity contribution is 0.832. The molecule has 66 valence electrons. The minimum Gasteiger partial charge on any atom is -0.241 e. The minimum atomic E-state index is 0.523. The summed E-state index contributed by atoms with van der Waals surface area (Å²) in [5.74, 6) is 0.523. The summed E-state index contributed by atoms with van der Waals surface area (Å²) in [6.07, 6.45) is 0. The molecule has 0 bridgehead atoms. The lowest BCUT2D eigenvalue weighted by atomic mass is 9.97. The molecule has 1 aromatic heterocycles. The van der Waals surface area contributed by atoms with Crippen molar-refractivity contribution in [1.29, 1.82) is 0 Å². The van der Waals surface area contributed by atoms with Crippen LogP contribution in [0.1, 0.15) is 36.6 Å². The van der Waals surface area contributed by atoms with Crippen LogP contribution in [-0.2, 0) is 0 Å². The SMILES string of the molecule is Cc1cc(Cl)nc(C)c1C(C)C. The molecule has 0 spiro atoms. The smallest absolute Gasteiger partial charge is 0.129 e. The maximum atomic E-state index is 5.82. The molecule has 0 aliphatic rings. The standard InChI is InChI=1S/C10H14ClN/c1-6(2)10-7(3)5-9(11)12-8(10)4/h5-6H,1-4H3. The number of nitrogens with zero attached hydrogens (tertiary/aromatic N) is 1. The quantitative estimate of drug-likeness (QED) is 0.608. The summed E-state index contributed by atoms with van der Waals surface area (Å²) in [6.45, 7) is 8.43. The van der Waals surface area contributed by atoms with Gasteiger partial charge in [0.2, 0.25) is 0 Å². The Bertz CT molecular complexity index is 269. The number of pyridine rings is 1. The third-order valence-electron chi connectivity index (χ3n) is 2.00. The maximum absolute atomic E-state index is 5.82. The highest BCUT2D eigenvalue weighted by Gasteiger charge is 2.08. The normalized spacial score (nSPS) is 10.8. The van der Waals surface area contributed by atoms with Crippen molar-refractivity contribution in [2.45, 2.75) is 33.6 Å². The van der Waals surface area contributed by atoms with Crippen molar-refractivity contribution in [1.82, 2.24) is 4.98 Å². The van der Waals surface area contributed by atoms with E-state index in [4.69, 9.17) is 11.6 Å². The topological polar surface area (TPSA) is 12.9 Å². The van der Waals surface area contributed by atoms with Crippen molar-refractivity contribution in [3.05, 3.63) is 28.0 Å². The molecular weight excluding hydrogens is 170 g/mol. The Hall–Kier alpha value is -0.560. The fourth-order valence-electron chi connectivity index (χ4n) is 1.67. The van der Waals surface area contributed by atoms with Crippen LogP contribution < -0.4 is 0 Å². The first-order chi connectivity index (χ1) is 5.52. The summed E-state index contributed by atoms with van der Waals surface area (Å²) in [7, 11) is 0. The maximum Gasteiger partial charge on any atom is 0.129 e. The van der Waals surface area contributed by atoms with Crippen LogP contribution in [0.4, 0.5) is 0 Å². The molecule has 1 rings (SSSR count). The van der Waals surface area contributed by atoms with Gasteiger partial charge in [0.1, 0.15) is 5.15 Å². The lowest BCUT2D eigenvalue weighted by Gasteiger charge is -2.12. The van der Waals surface area contributed by atoms with Crippen LogP contribution in [0.3, 0.4) is 0 Å². The highest BCUT2D eigenvalue weighted by atomic mass is 35.5. The van der Waals surface area contributed by atoms with Gasteiger partial charge >= 0.3 is 0 Å². The molecule has 0 saturated carbocycles. The molecular formula is C10H14ClN. The average molecular weight is 184 g/mol. The third kappa shape index (κ3) is 1.78. The molecule has 0 amide bonds. The van der Waals surface area contributed by atoms with E-state index in [9.17, 15) is 0 Å². The van der Waals surface area contributed by atoms with E-state index in [-0.39, 0.29) is 0 Å². The molecule has 2 heteroatoms. The molecule has 0 unspecified atom stereocenters. The van der Waals surface area contributed by atoms with E-state index in [2.05, 4.69) is 25.8 Å². The fraction of sp³-hybridized carbons (Fsp3) is 0.500. The molecule has 0 aliphatic heterocycles. The van der Waals surface area contributed by atoms with E-state index < -0.39 is 0 Å². The van der Waals surface area contributed by atoms with Crippen molar-refractivity contribution < 1.29 is 0 Å². The first-order valence-corrected chi connectivity index (χ1v) is 4.53. The Kier molecular flexibility index (Phi) is 2.73. The predicted octanol–water partition coefficient (Wildman–Crippen LogP) is 3.48. The predicted molar refractivity (Wildman–Crippen MR) is 52.8 cm³/mol. The van der Waals surface area contributed by atoms with Gasteiger partial charge in [-0.15, -0.1) is 0 Å². The number of rotatable bonds is 1. The van der Waals surface area contributed by atoms with E-state index >= 15 is 0 Å². The highest BCUT2D eigenvalue weighted by molar-refractivity contribution is 6.29. The minimum absolute atomic E-state index is 0.523. The number of halogens is 1. The summed E-state index contributed by atoms with van der Waals surface area (Å²) >= 11 is 5.82. The van der Waals surface area contributed by atoms with Gasteiger partial charge in [0.15, 0.2) is 0 Å². The Morgan fingerprint density at radius 3 is 2.33 bits per heavy atom. The van der Waals surface area contributed by atoms with Gasteiger partial charge in [0, 0.05) is 5.69 Å². The molecule has 0 radical (unpaired) electrons. The average Bonchev–Trinajstić information content (AvgIpc) is 1.82. The zero-order valence-electron chi connectivity index (χ0n) is 7.98. The van der Waals surface area contributed by atoms with Gasteiger partial charge < -0.3 is 0 Å². The van der Waals surface area contributed by atoms with Crippen LogP contribution in [0.15, 0.2) is 6.07 Å². The highest BCUT2D eigenvalue weighted by Crippen LogP contribution is 2.23. The largest absolute Gasteiger partial charge is 0.241 e. The van der Waals surface area contributed by atoms with E-state index in [1.165, 1.54) is 11.1 Å². The summed E-state index contributed by atoms with van der Waals surface area (Å²) in [6, 6.07) is 1.92. The summed E-state index contributed by atoms with van der Waals surface area (Å²) in [4.78, 5) is 4.22. The molecule has 0 N–H and O–H groups in total. The van der Waals surface area contributed by atoms with Crippen LogP contribution in [0, 0.1) is 13.8 Å². The van der Waals surface area contributed by atoms with Crippen molar-refractivity contribution in [2.24, 2.45) is 0 Å². The molecule has 0 aromatic carbocycles. The first-order valence-electron chi connectivity index (χ1n) is 4.16. The van der Waals surface area contributed by atoms with Crippen LogP contribution in [-0.4, -0.2) is 4.98 Å². The van der Waals surface area contributed by atoms with Crippen molar-refractivity contribution in [3.63, 3.8) is 0 Å². The van der Waals surface area contributed by atoms with E-state index in [0.29, 0.717) is 11.1 Å². The zero-order valence-corrected chi connectivity index (χ0v) is 8.74. The second-order valence-electron chi connectivity index (χ2n) is 3.42. The molecule has 1 aromatic rings. The van der Waals surface area contributed by atoms with Crippen LogP contribution in [0.5, 0.6) is 0 Å². The summed E-state index contributed by atoms with van der Waals surface area (Å²) < 4.78 is 0. The monoisotopic (exact) mass is 183 g/mol. The molecule has 1 heterocycles. The number of aromatic nitrogens is 1. The summed E-state index contributed by atoms with van der Waals surface area (Å²) in [5.41, 5.74) is 3.61. The fourth-order valence-corrected chi connectivity index (χ4v) is 1.96. The van der Waals surface area contributed by atoms with Crippen LogP contribution in [0.2, 0.25) is 5.15 Å². The molecule has 0 fully saturated rings. The van der Waals surface area contributed by atoms with E-state index in [0.717, 1.165) is 5.69 Å². The summed E-state index contributed by atoms with van der Waals surface area (Å²) in [5, 5.41) is 0.592. The second kappa shape index (κ2) is 3.44. The molecule has 0 aliphatic carbocycles. The van der Waals surface area contributed by atoms with Gasteiger partial charge in [0.25, 0.3) is 0 Å². The van der Waals surface area contributed by atoms with Crippen molar-refractivity contribution in [3.8, 4) is 0 Å². The van der Waals surface area contributed by atoms with Gasteiger partial charge in [-0.1, -0.05) is 25.4 Å². The Morgan fingerprint density at radius 1 is 1.33 bits per heavy atom. The van der Waals surface area contributed by atoms with E-state index in [1.54, 1.807) is 0 Å². The Labute approximate surface area is 78.8 Å². The van der Waals surface area contributed by atoms with Crippen molar-refractivity contribution in [2.75, 3.05) is 0 Å². The van der Waals surface area contributed by atoms with Crippen LogP contribution >= 0.6 is 11.6 Å². The van der Waals surface area contributed by atoms with Gasteiger partial charge in [0.05, 0.1) is 0 Å². The lowest BCUT2D eigenvalue weighted by Crippen LogP contribution is -1.98. The molecule has 0 saturated heterocycles. The second-order valence-corrected chi connectivity index (χ2v) is 3.80. The Morgan fingerprint density at radius 2 is 1.92 bits per heavy atom. The number of hydrogen-bond donors (Lipinski definition) is 0. The molecule has 1 nitrogen and oxygen atoms in total.